The maximum Gasteiger partial charge on any atom is 0.112 e. The fourth-order valence-corrected chi connectivity index (χ4v) is 7.76. The topological polar surface area (TPSA) is 6.48 Å². The average Bonchev–Trinajstić information content (AvgIpc) is 3.07. The Kier molecular flexibility index (Phi) is 4.96. The van der Waals surface area contributed by atoms with E-state index in [4.69, 9.17) is 0 Å². The molecule has 0 saturated heterocycles. The number of fused-ring (bicyclic) bond motifs is 6. The van der Waals surface area contributed by atoms with E-state index < -0.39 is 0 Å². The average molecular weight is 510 g/mol. The summed E-state index contributed by atoms with van der Waals surface area (Å²) < 4.78 is 1.16. The zero-order chi connectivity index (χ0) is 24.1. The lowest BCUT2D eigenvalue weighted by Gasteiger charge is -2.58. The number of halogens is 1. The molecule has 0 amide bonds. The minimum atomic E-state index is 0.105. The van der Waals surface area contributed by atoms with Crippen molar-refractivity contribution in [1.82, 2.24) is 0 Å². The normalized spacial score (nSPS) is 31.0. The van der Waals surface area contributed by atoms with Gasteiger partial charge in [-0.15, -0.1) is 0 Å². The molecule has 0 bridgehead atoms. The predicted octanol–water partition coefficient (Wildman–Crippen LogP) is 8.81. The van der Waals surface area contributed by atoms with Crippen molar-refractivity contribution in [2.45, 2.75) is 103 Å². The summed E-state index contributed by atoms with van der Waals surface area (Å²) in [6.07, 6.45) is 5.08. The summed E-state index contributed by atoms with van der Waals surface area (Å²) in [4.78, 5) is 5.29. The SMILES string of the molecule is CCC1(C)c2ccc(Br)cc2N2c3cc4c(cc3N(C)C2C1(C)CC)C(C)(C)CCC4(C)C. The van der Waals surface area contributed by atoms with E-state index in [2.05, 4.69) is 118 Å². The van der Waals surface area contributed by atoms with Crippen LogP contribution in [0, 0.1) is 5.41 Å². The lowest BCUT2D eigenvalue weighted by Crippen LogP contribution is -2.62. The van der Waals surface area contributed by atoms with Crippen molar-refractivity contribution in [3.8, 4) is 0 Å². The van der Waals surface area contributed by atoms with E-state index in [9.17, 15) is 0 Å². The highest BCUT2D eigenvalue weighted by atomic mass is 79.9. The number of rotatable bonds is 2. The maximum atomic E-state index is 3.80. The monoisotopic (exact) mass is 508 g/mol. The molecular weight excluding hydrogens is 468 g/mol. The highest BCUT2D eigenvalue weighted by Gasteiger charge is 2.59. The van der Waals surface area contributed by atoms with Crippen molar-refractivity contribution < 1.29 is 0 Å². The zero-order valence-corrected chi connectivity index (χ0v) is 23.7. The van der Waals surface area contributed by atoms with Gasteiger partial charge in [0.25, 0.3) is 0 Å². The van der Waals surface area contributed by atoms with Gasteiger partial charge in [-0.05, 0) is 77.5 Å². The molecule has 0 N–H and O–H groups in total. The molecule has 3 atom stereocenters. The van der Waals surface area contributed by atoms with Crippen LogP contribution in [0.25, 0.3) is 0 Å². The van der Waals surface area contributed by atoms with Crippen molar-refractivity contribution >= 4 is 33.0 Å². The summed E-state index contributed by atoms with van der Waals surface area (Å²) in [5.41, 5.74) is 9.40. The lowest BCUT2D eigenvalue weighted by molar-refractivity contribution is 0.0944. The highest BCUT2D eigenvalue weighted by molar-refractivity contribution is 9.10. The first-order valence-corrected chi connectivity index (χ1v) is 13.6. The Morgan fingerprint density at radius 2 is 1.36 bits per heavy atom. The van der Waals surface area contributed by atoms with E-state index in [0.717, 1.165) is 17.3 Å². The van der Waals surface area contributed by atoms with Gasteiger partial charge in [-0.1, -0.05) is 77.4 Å². The maximum absolute atomic E-state index is 3.80. The molecule has 1 aliphatic carbocycles. The zero-order valence-electron chi connectivity index (χ0n) is 22.1. The summed E-state index contributed by atoms with van der Waals surface area (Å²) >= 11 is 3.80. The van der Waals surface area contributed by atoms with Gasteiger partial charge in [-0.25, -0.2) is 0 Å². The van der Waals surface area contributed by atoms with Crippen molar-refractivity contribution in [3.63, 3.8) is 0 Å². The molecule has 0 radical (unpaired) electrons. The molecule has 0 spiro atoms. The molecule has 0 saturated carbocycles. The highest BCUT2D eigenvalue weighted by Crippen LogP contribution is 2.64. The van der Waals surface area contributed by atoms with Crippen LogP contribution in [-0.4, -0.2) is 13.2 Å². The second kappa shape index (κ2) is 7.03. The lowest BCUT2D eigenvalue weighted by atomic mass is 9.55. The molecule has 2 aromatic carbocycles. The van der Waals surface area contributed by atoms with Gasteiger partial charge >= 0.3 is 0 Å². The van der Waals surface area contributed by atoms with Crippen molar-refractivity contribution in [2.24, 2.45) is 5.41 Å². The Labute approximate surface area is 209 Å². The van der Waals surface area contributed by atoms with Crippen molar-refractivity contribution in [1.29, 1.82) is 0 Å². The molecule has 2 nitrogen and oxygen atoms in total. The van der Waals surface area contributed by atoms with Crippen LogP contribution in [0.1, 0.15) is 97.8 Å². The van der Waals surface area contributed by atoms with Gasteiger partial charge in [0.2, 0.25) is 0 Å². The number of benzene rings is 2. The molecule has 0 fully saturated rings. The minimum absolute atomic E-state index is 0.105. The molecule has 178 valence electrons. The second-order valence-electron chi connectivity index (χ2n) is 12.6. The third kappa shape index (κ3) is 2.84. The summed E-state index contributed by atoms with van der Waals surface area (Å²) in [5.74, 6) is 0. The number of hydrogen-bond donors (Lipinski definition) is 0. The molecule has 3 unspecified atom stereocenters. The fourth-order valence-electron chi connectivity index (χ4n) is 7.41. The van der Waals surface area contributed by atoms with E-state index in [-0.39, 0.29) is 21.7 Å². The van der Waals surface area contributed by atoms with E-state index in [1.54, 1.807) is 11.1 Å². The van der Waals surface area contributed by atoms with Crippen LogP contribution < -0.4 is 9.80 Å². The molecule has 2 aromatic rings. The van der Waals surface area contributed by atoms with Crippen LogP contribution in [0.3, 0.4) is 0 Å². The van der Waals surface area contributed by atoms with E-state index in [0.29, 0.717) is 6.17 Å². The minimum Gasteiger partial charge on any atom is -0.352 e. The van der Waals surface area contributed by atoms with Gasteiger partial charge in [-0.2, -0.15) is 0 Å². The molecule has 3 heteroatoms. The molecule has 2 heterocycles. The molecule has 5 rings (SSSR count). The first-order chi connectivity index (χ1) is 15.3. The Morgan fingerprint density at radius 1 is 0.788 bits per heavy atom. The Hall–Kier alpha value is -1.48. The van der Waals surface area contributed by atoms with E-state index in [1.165, 1.54) is 35.5 Å². The molecular formula is C30H41BrN2. The smallest absolute Gasteiger partial charge is 0.112 e. The standard InChI is InChI=1S/C30H41BrN2/c1-10-29(7)20-13-12-19(31)16-23(20)33-25-18-22-21(27(3,4)14-15-28(22,5)6)17-24(25)32(9)26(33)30(29,8)11-2/h12-13,16-18,26H,10-11,14-15H2,1-9H3. The van der Waals surface area contributed by atoms with E-state index >= 15 is 0 Å². The molecule has 3 aliphatic rings. The van der Waals surface area contributed by atoms with Crippen LogP contribution in [0.4, 0.5) is 17.1 Å². The number of hydrogen-bond acceptors (Lipinski definition) is 2. The first-order valence-electron chi connectivity index (χ1n) is 12.8. The quantitative estimate of drug-likeness (QED) is 0.399. The number of nitrogens with zero attached hydrogens (tertiary/aromatic N) is 2. The Bertz CT molecular complexity index is 1130. The van der Waals surface area contributed by atoms with Gasteiger partial charge in [0.1, 0.15) is 6.17 Å². The largest absolute Gasteiger partial charge is 0.352 e. The van der Waals surface area contributed by atoms with Crippen molar-refractivity contribution in [3.05, 3.63) is 51.5 Å². The van der Waals surface area contributed by atoms with Crippen LogP contribution in [-0.2, 0) is 16.2 Å². The van der Waals surface area contributed by atoms with Crippen LogP contribution in [0.5, 0.6) is 0 Å². The second-order valence-corrected chi connectivity index (χ2v) is 13.5. The van der Waals surface area contributed by atoms with Gasteiger partial charge in [0, 0.05) is 28.0 Å². The van der Waals surface area contributed by atoms with Crippen LogP contribution >= 0.6 is 15.9 Å². The third-order valence-electron chi connectivity index (χ3n) is 10.3. The predicted molar refractivity (Wildman–Crippen MR) is 146 cm³/mol. The Balaban J connectivity index is 1.84. The third-order valence-corrected chi connectivity index (χ3v) is 10.8. The van der Waals surface area contributed by atoms with Crippen LogP contribution in [0.15, 0.2) is 34.8 Å². The summed E-state index contributed by atoms with van der Waals surface area (Å²) in [6, 6.07) is 12.1. The fraction of sp³-hybridized carbons (Fsp3) is 0.600. The van der Waals surface area contributed by atoms with Gasteiger partial charge < -0.3 is 9.80 Å². The van der Waals surface area contributed by atoms with Gasteiger partial charge in [-0.3, -0.25) is 0 Å². The van der Waals surface area contributed by atoms with Crippen molar-refractivity contribution in [2.75, 3.05) is 16.8 Å². The van der Waals surface area contributed by atoms with E-state index in [1.807, 2.05) is 0 Å². The summed E-state index contributed by atoms with van der Waals surface area (Å²) in [5, 5.41) is 0. The van der Waals surface area contributed by atoms with Gasteiger partial charge in [0.15, 0.2) is 0 Å². The first kappa shape index (κ1) is 23.3. The van der Waals surface area contributed by atoms with Crippen LogP contribution in [0.2, 0.25) is 0 Å². The summed E-state index contributed by atoms with van der Waals surface area (Å²) in [7, 11) is 2.34. The molecule has 0 aromatic heterocycles. The Morgan fingerprint density at radius 3 is 1.91 bits per heavy atom. The molecule has 2 aliphatic heterocycles. The summed E-state index contributed by atoms with van der Waals surface area (Å²) in [6.45, 7) is 19.6. The number of anilines is 3. The van der Waals surface area contributed by atoms with Gasteiger partial charge in [0.05, 0.1) is 11.4 Å². The molecule has 33 heavy (non-hydrogen) atoms.